The predicted octanol–water partition coefficient (Wildman–Crippen LogP) is -0.152. The van der Waals surface area contributed by atoms with Gasteiger partial charge >= 0.3 is 12.2 Å². The van der Waals surface area contributed by atoms with Crippen LogP contribution in [0.15, 0.2) is 46.8 Å². The molecule has 1 aliphatic carbocycles. The van der Waals surface area contributed by atoms with Crippen molar-refractivity contribution >= 4 is 41.3 Å². The van der Waals surface area contributed by atoms with Gasteiger partial charge in [0.25, 0.3) is 0 Å². The number of amides is 4. The van der Waals surface area contributed by atoms with Crippen molar-refractivity contribution in [2.45, 2.75) is 44.7 Å². The van der Waals surface area contributed by atoms with Crippen LogP contribution in [0.5, 0.6) is 0 Å². The van der Waals surface area contributed by atoms with Crippen molar-refractivity contribution in [3.8, 4) is 0 Å². The van der Waals surface area contributed by atoms with Gasteiger partial charge in [-0.15, -0.1) is 0 Å². The summed E-state index contributed by atoms with van der Waals surface area (Å²) < 4.78 is 16.6. The van der Waals surface area contributed by atoms with E-state index in [9.17, 15) is 28.8 Å². The fraction of sp³-hybridized carbons (Fsp3) is 0.429. The second-order valence-electron chi connectivity index (χ2n) is 10.9. The number of hydrogen-bond donors (Lipinski definition) is 4. The summed E-state index contributed by atoms with van der Waals surface area (Å²) >= 11 is 0. The van der Waals surface area contributed by atoms with Gasteiger partial charge in [-0.2, -0.15) is 0 Å². The Bertz CT molecular complexity index is 1500. The number of ether oxygens (including phenoxy) is 3. The minimum atomic E-state index is -1.40. The van der Waals surface area contributed by atoms with Crippen molar-refractivity contribution in [3.63, 3.8) is 0 Å². The summed E-state index contributed by atoms with van der Waals surface area (Å²) in [7, 11) is 1.39. The van der Waals surface area contributed by atoms with Crippen molar-refractivity contribution in [1.29, 1.82) is 0 Å². The van der Waals surface area contributed by atoms with Crippen LogP contribution >= 0.6 is 0 Å². The number of carbonyl (C=O) groups excluding carboxylic acids is 6. The standard InChI is InChI=1S/C28H32N6O9/c1-12(8-18(29)35)25(38)32-15-6-4-14(5-7-15)10-43-27(40)34-17-9-33-21-19(23(37)20(30)13(2)22(21)36)16(11-42-26(31)39)28(33,41-3)24(17)34/h4-7,12,16-17,24H,8-11,30H2,1-3H3,(H2,29,35)(H2,31,39)(H,32,38)/t12-,16+,17-,24?,28+,34?/m0/s1. The number of carbonyl (C=O) groups is 6. The summed E-state index contributed by atoms with van der Waals surface area (Å²) in [6.45, 7) is 2.78. The van der Waals surface area contributed by atoms with Crippen molar-refractivity contribution < 1.29 is 43.0 Å². The van der Waals surface area contributed by atoms with E-state index in [4.69, 9.17) is 31.4 Å². The molecule has 5 rings (SSSR count). The highest BCUT2D eigenvalue weighted by Gasteiger charge is 2.78. The maximum Gasteiger partial charge on any atom is 0.410 e. The number of nitrogens with one attached hydrogen (secondary N) is 1. The molecule has 43 heavy (non-hydrogen) atoms. The van der Waals surface area contributed by atoms with Crippen LogP contribution in [-0.2, 0) is 40.0 Å². The molecule has 2 saturated heterocycles. The summed E-state index contributed by atoms with van der Waals surface area (Å²) in [6.07, 6.45) is -1.79. The van der Waals surface area contributed by atoms with E-state index in [2.05, 4.69) is 5.32 Å². The third kappa shape index (κ3) is 4.74. The largest absolute Gasteiger partial charge is 0.449 e. The molecule has 15 nitrogen and oxygen atoms in total. The molecule has 2 fully saturated rings. The first kappa shape index (κ1) is 29.6. The third-order valence-electron chi connectivity index (χ3n) is 8.44. The number of allylic oxidation sites excluding steroid dienone is 2. The summed E-state index contributed by atoms with van der Waals surface area (Å²) in [5, 5.41) is 2.70. The molecular weight excluding hydrogens is 564 g/mol. The summed E-state index contributed by atoms with van der Waals surface area (Å²) in [6, 6.07) is 5.59. The second-order valence-corrected chi connectivity index (χ2v) is 10.9. The lowest BCUT2D eigenvalue weighted by Gasteiger charge is -2.40. The molecule has 15 heteroatoms. The number of Topliss-reactive ketones (excluding diaryl/α,β-unsaturated/α-hetero) is 2. The highest BCUT2D eigenvalue weighted by atomic mass is 16.6. The first-order chi connectivity index (χ1) is 20.3. The van der Waals surface area contributed by atoms with Crippen molar-refractivity contribution in [1.82, 2.24) is 9.80 Å². The molecule has 5 atom stereocenters. The summed E-state index contributed by atoms with van der Waals surface area (Å²) in [5.74, 6) is -3.47. The topological polar surface area (TPSA) is 226 Å². The van der Waals surface area contributed by atoms with Crippen LogP contribution in [0, 0.1) is 11.8 Å². The van der Waals surface area contributed by atoms with Crippen molar-refractivity contribution in [2.75, 3.05) is 25.6 Å². The summed E-state index contributed by atoms with van der Waals surface area (Å²) in [5.41, 5.74) is 16.1. The van der Waals surface area contributed by atoms with E-state index in [1.54, 1.807) is 36.1 Å². The van der Waals surface area contributed by atoms with Crippen LogP contribution in [0.4, 0.5) is 15.3 Å². The molecule has 0 bridgehead atoms. The molecule has 228 valence electrons. The first-order valence-electron chi connectivity index (χ1n) is 13.5. The molecule has 0 aromatic heterocycles. The maximum atomic E-state index is 13.3. The zero-order valence-electron chi connectivity index (χ0n) is 23.7. The van der Waals surface area contributed by atoms with E-state index in [-0.39, 0.29) is 54.6 Å². The molecule has 1 aromatic carbocycles. The van der Waals surface area contributed by atoms with Crippen LogP contribution in [-0.4, -0.2) is 83.4 Å². The van der Waals surface area contributed by atoms with Crippen LogP contribution in [0.2, 0.25) is 0 Å². The Hall–Kier alpha value is -4.92. The van der Waals surface area contributed by atoms with Crippen LogP contribution in [0.3, 0.4) is 0 Å². The molecule has 3 aliphatic heterocycles. The van der Waals surface area contributed by atoms with Gasteiger partial charge < -0.3 is 41.6 Å². The van der Waals surface area contributed by atoms with Gasteiger partial charge in [-0.3, -0.25) is 24.1 Å². The number of methoxy groups -OCH3 is 1. The average Bonchev–Trinajstić information content (AvgIpc) is 3.47. The Kier molecular flexibility index (Phi) is 7.38. The molecule has 0 radical (unpaired) electrons. The SMILES string of the molecule is CO[C@]12C3[C@H](CN1C1=C(C(=O)C(N)=C(C)C1=O)[C@H]2COC(N)=O)N3C(=O)OCc1ccc(NC(=O)[C@@H](C)CC(N)=O)cc1. The minimum absolute atomic E-state index is 0.0612. The number of piperazine rings is 1. The Labute approximate surface area is 245 Å². The Morgan fingerprint density at radius 1 is 1.09 bits per heavy atom. The Balaban J connectivity index is 1.28. The zero-order chi connectivity index (χ0) is 31.4. The smallest absolute Gasteiger partial charge is 0.410 e. The third-order valence-corrected chi connectivity index (χ3v) is 8.44. The number of anilines is 1. The number of nitrogens with zero attached hydrogens (tertiary/aromatic N) is 2. The van der Waals surface area contributed by atoms with E-state index in [0.717, 1.165) is 0 Å². The highest BCUT2D eigenvalue weighted by Crippen LogP contribution is 2.59. The minimum Gasteiger partial charge on any atom is -0.449 e. The molecule has 7 N–H and O–H groups in total. The van der Waals surface area contributed by atoms with Crippen molar-refractivity contribution in [3.05, 3.63) is 52.4 Å². The lowest BCUT2D eigenvalue weighted by atomic mass is 9.82. The molecule has 1 unspecified atom stereocenters. The number of nitrogens with two attached hydrogens (primary N) is 3. The van der Waals surface area contributed by atoms with Gasteiger partial charge in [0.2, 0.25) is 23.4 Å². The number of ketones is 2. The van der Waals surface area contributed by atoms with Gasteiger partial charge in [-0.1, -0.05) is 19.1 Å². The number of hydrogen-bond acceptors (Lipinski definition) is 11. The van der Waals surface area contributed by atoms with Gasteiger partial charge in [0, 0.05) is 42.8 Å². The van der Waals surface area contributed by atoms with E-state index in [0.29, 0.717) is 11.3 Å². The molecular formula is C28H32N6O9. The van der Waals surface area contributed by atoms with Crippen LogP contribution < -0.4 is 22.5 Å². The highest BCUT2D eigenvalue weighted by molar-refractivity contribution is 6.25. The molecule has 4 aliphatic rings. The molecule has 3 heterocycles. The second kappa shape index (κ2) is 10.7. The number of benzene rings is 1. The fourth-order valence-electron chi connectivity index (χ4n) is 6.29. The lowest BCUT2D eigenvalue weighted by molar-refractivity contribution is -0.144. The van der Waals surface area contributed by atoms with Gasteiger partial charge in [-0.25, -0.2) is 9.59 Å². The van der Waals surface area contributed by atoms with Crippen molar-refractivity contribution in [2.24, 2.45) is 29.0 Å². The average molecular weight is 597 g/mol. The van der Waals surface area contributed by atoms with Gasteiger partial charge in [0.05, 0.1) is 23.4 Å². The molecule has 4 amide bonds. The number of fused-ring (bicyclic) bond motifs is 4. The van der Waals surface area contributed by atoms with Crippen LogP contribution in [0.1, 0.15) is 25.8 Å². The van der Waals surface area contributed by atoms with E-state index >= 15 is 0 Å². The van der Waals surface area contributed by atoms with Gasteiger partial charge in [0.1, 0.15) is 19.3 Å². The van der Waals surface area contributed by atoms with E-state index < -0.39 is 59.3 Å². The van der Waals surface area contributed by atoms with Crippen LogP contribution in [0.25, 0.3) is 0 Å². The van der Waals surface area contributed by atoms with Gasteiger partial charge in [0.15, 0.2) is 5.72 Å². The molecule has 1 aromatic rings. The monoisotopic (exact) mass is 596 g/mol. The maximum absolute atomic E-state index is 13.3. The Morgan fingerprint density at radius 3 is 2.37 bits per heavy atom. The molecule has 0 spiro atoms. The van der Waals surface area contributed by atoms with Gasteiger partial charge in [-0.05, 0) is 24.6 Å². The van der Waals surface area contributed by atoms with E-state index in [1.807, 2.05) is 0 Å². The Morgan fingerprint density at radius 2 is 1.77 bits per heavy atom. The first-order valence-corrected chi connectivity index (χ1v) is 13.5. The zero-order valence-corrected chi connectivity index (χ0v) is 23.7. The molecule has 0 saturated carbocycles. The number of rotatable bonds is 9. The normalized spacial score (nSPS) is 26.1. The fourth-order valence-corrected chi connectivity index (χ4v) is 6.29. The predicted molar refractivity (Wildman–Crippen MR) is 147 cm³/mol. The number of primary amides is 2. The van der Waals surface area contributed by atoms with E-state index in [1.165, 1.54) is 18.9 Å². The summed E-state index contributed by atoms with van der Waals surface area (Å²) in [4.78, 5) is 77.6. The quantitative estimate of drug-likeness (QED) is 0.216. The lowest BCUT2D eigenvalue weighted by Crippen LogP contribution is -2.56.